The van der Waals surface area contributed by atoms with Crippen molar-refractivity contribution >= 4 is 90.1 Å². The summed E-state index contributed by atoms with van der Waals surface area (Å²) in [4.78, 5) is 0. The van der Waals surface area contributed by atoms with Gasteiger partial charge in [-0.05, 0) is 53.6 Å². The van der Waals surface area contributed by atoms with Crippen molar-refractivity contribution in [2.24, 2.45) is 5.41 Å². The van der Waals surface area contributed by atoms with E-state index >= 15 is 0 Å². The van der Waals surface area contributed by atoms with Gasteiger partial charge in [0.15, 0.2) is 0 Å². The first-order valence-electron chi connectivity index (χ1n) is 36.4. The summed E-state index contributed by atoms with van der Waals surface area (Å²) in [5, 5.41) is 14.9. The van der Waals surface area contributed by atoms with Gasteiger partial charge in [0.2, 0.25) is 0 Å². The van der Waals surface area contributed by atoms with E-state index in [2.05, 4.69) is 207 Å². The van der Waals surface area contributed by atoms with E-state index in [0.717, 1.165) is 0 Å². The fourth-order valence-corrected chi connectivity index (χ4v) is 42.4. The first-order chi connectivity index (χ1) is 40.7. The van der Waals surface area contributed by atoms with Gasteiger partial charge < -0.3 is 0 Å². The van der Waals surface area contributed by atoms with E-state index in [0.29, 0.717) is 0 Å². The summed E-state index contributed by atoms with van der Waals surface area (Å²) < 4.78 is 0. The van der Waals surface area contributed by atoms with E-state index in [9.17, 15) is 0 Å². The SMILES string of the molecule is CCCC[Si](CCCC)(CCCC)c1ccc(P(/C=C(\P(c2ccc([Si](CCCC)(CCCC)CCCC)cc2)c2ccc([Si](CCCC)(CCCC)CCCC)cc2)C(C)(C)C)c2ccc([Si](CCCC)(CCCC)CCCC)cc2)cc1. The predicted octanol–water partition coefficient (Wildman–Crippen LogP) is 23.4. The number of hydrogen-bond donors (Lipinski definition) is 0. The summed E-state index contributed by atoms with van der Waals surface area (Å²) in [7, 11) is -8.41. The molecule has 0 radical (unpaired) electrons. The van der Waals surface area contributed by atoms with Gasteiger partial charge in [0.25, 0.3) is 0 Å². The van der Waals surface area contributed by atoms with E-state index in [4.69, 9.17) is 0 Å². The van der Waals surface area contributed by atoms with Crippen LogP contribution in [0.3, 0.4) is 0 Å². The zero-order valence-electron chi connectivity index (χ0n) is 58.2. The van der Waals surface area contributed by atoms with Crippen molar-refractivity contribution in [3.8, 4) is 0 Å². The Kier molecular flexibility index (Phi) is 35.8. The molecule has 84 heavy (non-hydrogen) atoms. The number of allylic oxidation sites excluding steroid dienone is 1. The lowest BCUT2D eigenvalue weighted by Crippen LogP contribution is -2.48. The Labute approximate surface area is 530 Å². The third kappa shape index (κ3) is 21.8. The van der Waals surface area contributed by atoms with Gasteiger partial charge in [-0.3, -0.25) is 0 Å². The molecule has 472 valence electrons. The van der Waals surface area contributed by atoms with Gasteiger partial charge in [0, 0.05) is 0 Å². The molecule has 0 saturated carbocycles. The van der Waals surface area contributed by atoms with Gasteiger partial charge in [-0.2, -0.15) is 0 Å². The molecule has 0 fully saturated rings. The number of unbranched alkanes of at least 4 members (excludes halogenated alkanes) is 12. The molecular weight excluding hydrogens is 1110 g/mol. The molecule has 0 amide bonds. The molecule has 6 heteroatoms. The third-order valence-electron chi connectivity index (χ3n) is 20.4. The van der Waals surface area contributed by atoms with Crippen LogP contribution in [0.2, 0.25) is 72.5 Å². The summed E-state index contributed by atoms with van der Waals surface area (Å²) in [5.41, 5.74) is -0.0433. The van der Waals surface area contributed by atoms with Crippen molar-refractivity contribution in [2.75, 3.05) is 0 Å². The molecule has 0 atom stereocenters. The second-order valence-corrected chi connectivity index (χ2v) is 50.8. The lowest BCUT2D eigenvalue weighted by Gasteiger charge is -2.36. The van der Waals surface area contributed by atoms with Crippen LogP contribution in [-0.2, 0) is 0 Å². The van der Waals surface area contributed by atoms with Crippen molar-refractivity contribution in [1.82, 2.24) is 0 Å². The second-order valence-electron chi connectivity index (χ2n) is 28.0. The van der Waals surface area contributed by atoms with Crippen molar-refractivity contribution in [2.45, 2.75) is 330 Å². The molecule has 4 aromatic carbocycles. The molecule has 0 aromatic heterocycles. The molecule has 0 spiro atoms. The van der Waals surface area contributed by atoms with Crippen LogP contribution in [0.1, 0.15) is 258 Å². The summed E-state index contributed by atoms with van der Waals surface area (Å²) in [5.74, 6) is 2.95. The maximum Gasteiger partial charge on any atom is 0.0867 e. The summed E-state index contributed by atoms with van der Waals surface area (Å²) in [6.45, 7) is 36.8. The van der Waals surface area contributed by atoms with E-state index in [1.165, 1.54) is 227 Å². The van der Waals surface area contributed by atoms with Crippen LogP contribution < -0.4 is 42.0 Å². The highest BCUT2D eigenvalue weighted by Crippen LogP contribution is 2.55. The minimum atomic E-state index is -1.69. The summed E-state index contributed by atoms with van der Waals surface area (Å²) in [6.07, 6.45) is 32.2. The normalized spacial score (nSPS) is 13.0. The maximum atomic E-state index is 2.95. The van der Waals surface area contributed by atoms with Crippen LogP contribution in [0.15, 0.2) is 108 Å². The van der Waals surface area contributed by atoms with Crippen LogP contribution in [-0.4, -0.2) is 32.3 Å². The van der Waals surface area contributed by atoms with Gasteiger partial charge in [-0.25, -0.2) is 0 Å². The van der Waals surface area contributed by atoms with Gasteiger partial charge >= 0.3 is 0 Å². The Morgan fingerprint density at radius 1 is 0.274 bits per heavy atom. The van der Waals surface area contributed by atoms with Crippen LogP contribution in [0, 0.1) is 5.41 Å². The van der Waals surface area contributed by atoms with E-state index in [1.807, 2.05) is 0 Å². The van der Waals surface area contributed by atoms with Gasteiger partial charge in [0.1, 0.15) is 0 Å². The highest BCUT2D eigenvalue weighted by molar-refractivity contribution is 7.80. The molecule has 4 aromatic rings. The van der Waals surface area contributed by atoms with E-state index in [-0.39, 0.29) is 5.41 Å². The minimum Gasteiger partial charge on any atom is -0.0654 e. The lowest BCUT2D eigenvalue weighted by atomic mass is 9.97. The Morgan fingerprint density at radius 3 is 0.595 bits per heavy atom. The number of rotatable bonds is 46. The van der Waals surface area contributed by atoms with Crippen LogP contribution in [0.5, 0.6) is 0 Å². The molecule has 0 aliphatic heterocycles. The predicted molar refractivity (Wildman–Crippen MR) is 404 cm³/mol. The van der Waals surface area contributed by atoms with Crippen LogP contribution in [0.25, 0.3) is 0 Å². The molecule has 0 unspecified atom stereocenters. The Morgan fingerprint density at radius 2 is 0.440 bits per heavy atom. The Balaban J connectivity index is 2.18. The van der Waals surface area contributed by atoms with Crippen molar-refractivity contribution < 1.29 is 0 Å². The monoisotopic (exact) mass is 1240 g/mol. The van der Waals surface area contributed by atoms with E-state index in [1.54, 1.807) is 47.3 Å². The summed E-state index contributed by atoms with van der Waals surface area (Å²) >= 11 is 0. The Hall–Kier alpha value is -1.65. The molecule has 0 aliphatic carbocycles. The molecule has 0 N–H and O–H groups in total. The van der Waals surface area contributed by atoms with Crippen LogP contribution in [0.4, 0.5) is 0 Å². The van der Waals surface area contributed by atoms with Crippen molar-refractivity contribution in [3.05, 3.63) is 108 Å². The highest BCUT2D eigenvalue weighted by Gasteiger charge is 2.39. The average molecular weight is 1250 g/mol. The highest BCUT2D eigenvalue weighted by atomic mass is 31.1. The Bertz CT molecular complexity index is 2110. The zero-order valence-corrected chi connectivity index (χ0v) is 64.0. The quantitative estimate of drug-likeness (QED) is 0.0306. The van der Waals surface area contributed by atoms with Crippen molar-refractivity contribution in [3.63, 3.8) is 0 Å². The standard InChI is InChI=1S/C78H134P2Si4/c1-16-28-56-81(57-29-17-2,58-30-18-3)73-48-40-69(41-49-73)79(70-42-50-74(51-43-70)82(59-31-19-4,60-32-20-5)61-33-21-6)68-77(78(13,14)15)80(71-44-52-75(53-45-71)83(62-34-22-7,63-35-23-8)64-36-24-9)72-46-54-76(55-47-72)84(65-37-25-10,66-38-26-11)67-39-27-12/h40-55,68H,16-39,56-67H2,1-15H3/b77-68-. The fraction of sp³-hybridized carbons (Fsp3) is 0.667. The fourth-order valence-electron chi connectivity index (χ4n) is 14.7. The maximum absolute atomic E-state index is 2.95. The smallest absolute Gasteiger partial charge is 0.0654 e. The third-order valence-corrected chi connectivity index (χ3v) is 47.7. The van der Waals surface area contributed by atoms with Gasteiger partial charge in [-0.15, -0.1) is 0 Å². The molecule has 0 aliphatic rings. The first-order valence-corrected chi connectivity index (χ1v) is 49.7. The largest absolute Gasteiger partial charge is 0.0867 e. The average Bonchev–Trinajstić information content (AvgIpc) is 2.09. The molecule has 0 nitrogen and oxygen atoms in total. The molecule has 0 bridgehead atoms. The van der Waals surface area contributed by atoms with Crippen LogP contribution >= 0.6 is 15.8 Å². The lowest BCUT2D eigenvalue weighted by molar-refractivity contribution is 0.533. The molecular formula is C78H134P2Si4. The number of benzene rings is 4. The second kappa shape index (κ2) is 40.2. The molecule has 0 saturated heterocycles. The van der Waals surface area contributed by atoms with Crippen molar-refractivity contribution in [1.29, 1.82) is 0 Å². The van der Waals surface area contributed by atoms with Gasteiger partial charge in [0.05, 0.1) is 32.3 Å². The number of hydrogen-bond acceptors (Lipinski definition) is 0. The van der Waals surface area contributed by atoms with Gasteiger partial charge in [-0.1, -0.05) is 448 Å². The first kappa shape index (κ1) is 74.8. The zero-order chi connectivity index (χ0) is 61.3. The minimum absolute atomic E-state index is 0.0433. The topological polar surface area (TPSA) is 0 Å². The molecule has 0 heterocycles. The summed E-state index contributed by atoms with van der Waals surface area (Å²) in [6, 6.07) is 60.7. The van der Waals surface area contributed by atoms with E-state index < -0.39 is 48.1 Å². The molecule has 4 rings (SSSR count).